The van der Waals surface area contributed by atoms with Crippen molar-refractivity contribution < 1.29 is 23.8 Å². The van der Waals surface area contributed by atoms with E-state index in [0.29, 0.717) is 17.9 Å². The lowest BCUT2D eigenvalue weighted by molar-refractivity contribution is -0.118. The van der Waals surface area contributed by atoms with Crippen LogP contribution in [-0.4, -0.2) is 24.4 Å². The summed E-state index contributed by atoms with van der Waals surface area (Å²) < 4.78 is 16.0. The van der Waals surface area contributed by atoms with E-state index in [4.69, 9.17) is 13.9 Å². The van der Waals surface area contributed by atoms with Crippen LogP contribution in [0, 0.1) is 0 Å². The van der Waals surface area contributed by atoms with Gasteiger partial charge in [-0.1, -0.05) is 6.07 Å². The molecule has 2 heterocycles. The van der Waals surface area contributed by atoms with Crippen LogP contribution in [0.3, 0.4) is 0 Å². The van der Waals surface area contributed by atoms with Gasteiger partial charge in [0, 0.05) is 18.1 Å². The van der Waals surface area contributed by atoms with Gasteiger partial charge in [-0.3, -0.25) is 4.79 Å². The summed E-state index contributed by atoms with van der Waals surface area (Å²) >= 11 is 0. The molecule has 1 atom stereocenters. The molecule has 0 spiro atoms. The Balaban J connectivity index is 1.38. The first kappa shape index (κ1) is 15.8. The SMILES string of the molecule is O=C(/C=C/c1ccc2c(c1)OCO2)NCC1(O)CCCc2occc21. The van der Waals surface area contributed by atoms with Gasteiger partial charge in [0.2, 0.25) is 12.7 Å². The average molecular weight is 341 g/mol. The van der Waals surface area contributed by atoms with Crippen LogP contribution < -0.4 is 14.8 Å². The fraction of sp³-hybridized carbons (Fsp3) is 0.316. The van der Waals surface area contributed by atoms with Crippen LogP contribution in [0.2, 0.25) is 0 Å². The standard InChI is InChI=1S/C19H19NO5/c21-18(6-4-13-3-5-16-17(10-13)25-12-24-16)20-11-19(22)8-1-2-15-14(19)7-9-23-15/h3-7,9-10,22H,1-2,8,11-12H2,(H,20,21)/b6-4+. The molecule has 4 rings (SSSR count). The molecule has 0 saturated carbocycles. The van der Waals surface area contributed by atoms with Crippen molar-refractivity contribution >= 4 is 12.0 Å². The zero-order valence-corrected chi connectivity index (χ0v) is 13.7. The van der Waals surface area contributed by atoms with Gasteiger partial charge in [-0.25, -0.2) is 0 Å². The van der Waals surface area contributed by atoms with Gasteiger partial charge in [0.05, 0.1) is 12.8 Å². The molecule has 130 valence electrons. The number of hydrogen-bond donors (Lipinski definition) is 2. The number of furan rings is 1. The highest BCUT2D eigenvalue weighted by Crippen LogP contribution is 2.35. The fourth-order valence-electron chi connectivity index (χ4n) is 3.29. The van der Waals surface area contributed by atoms with Gasteiger partial charge in [-0.05, 0) is 42.7 Å². The first-order valence-corrected chi connectivity index (χ1v) is 8.29. The molecule has 1 aromatic carbocycles. The van der Waals surface area contributed by atoms with E-state index >= 15 is 0 Å². The van der Waals surface area contributed by atoms with Crippen LogP contribution >= 0.6 is 0 Å². The Labute approximate surface area is 145 Å². The van der Waals surface area contributed by atoms with Crippen molar-refractivity contribution in [3.05, 3.63) is 53.5 Å². The van der Waals surface area contributed by atoms with Crippen LogP contribution in [0.1, 0.15) is 29.7 Å². The first-order chi connectivity index (χ1) is 12.1. The summed E-state index contributed by atoms with van der Waals surface area (Å²) in [6.07, 6.45) is 6.99. The minimum atomic E-state index is -1.07. The lowest BCUT2D eigenvalue weighted by atomic mass is 9.83. The van der Waals surface area contributed by atoms with Crippen LogP contribution in [0.4, 0.5) is 0 Å². The third-order valence-corrected chi connectivity index (χ3v) is 4.62. The summed E-state index contributed by atoms with van der Waals surface area (Å²) in [5, 5.41) is 13.6. The van der Waals surface area contributed by atoms with Crippen LogP contribution in [0.25, 0.3) is 6.08 Å². The number of nitrogens with one attached hydrogen (secondary N) is 1. The topological polar surface area (TPSA) is 80.9 Å². The van der Waals surface area contributed by atoms with E-state index in [1.165, 1.54) is 6.08 Å². The van der Waals surface area contributed by atoms with Crippen LogP contribution in [0.15, 0.2) is 41.0 Å². The largest absolute Gasteiger partial charge is 0.469 e. The number of amides is 1. The molecule has 0 saturated heterocycles. The lowest BCUT2D eigenvalue weighted by Crippen LogP contribution is -2.42. The Bertz CT molecular complexity index is 825. The quantitative estimate of drug-likeness (QED) is 0.835. The molecule has 2 aliphatic rings. The fourth-order valence-corrected chi connectivity index (χ4v) is 3.29. The van der Waals surface area contributed by atoms with Crippen molar-refractivity contribution in [3.63, 3.8) is 0 Å². The molecule has 0 fully saturated rings. The van der Waals surface area contributed by atoms with Crippen molar-refractivity contribution in [1.82, 2.24) is 5.32 Å². The molecule has 1 unspecified atom stereocenters. The zero-order chi connectivity index (χ0) is 17.3. The molecule has 6 heteroatoms. The Morgan fingerprint density at radius 1 is 1.28 bits per heavy atom. The Hall–Kier alpha value is -2.73. The summed E-state index contributed by atoms with van der Waals surface area (Å²) in [6, 6.07) is 7.26. The van der Waals surface area contributed by atoms with Gasteiger partial charge in [-0.2, -0.15) is 0 Å². The highest BCUT2D eigenvalue weighted by atomic mass is 16.7. The molecular weight excluding hydrogens is 322 g/mol. The second kappa shape index (κ2) is 6.29. The van der Waals surface area contributed by atoms with Crippen molar-refractivity contribution in [2.75, 3.05) is 13.3 Å². The highest BCUT2D eigenvalue weighted by molar-refractivity contribution is 5.91. The maximum Gasteiger partial charge on any atom is 0.244 e. The van der Waals surface area contributed by atoms with Crippen LogP contribution in [0.5, 0.6) is 11.5 Å². The minimum Gasteiger partial charge on any atom is -0.469 e. The van der Waals surface area contributed by atoms with Gasteiger partial charge in [-0.15, -0.1) is 0 Å². The molecule has 6 nitrogen and oxygen atoms in total. The second-order valence-electron chi connectivity index (χ2n) is 6.31. The predicted molar refractivity (Wildman–Crippen MR) is 90.2 cm³/mol. The summed E-state index contributed by atoms with van der Waals surface area (Å²) in [5.74, 6) is 1.92. The van der Waals surface area contributed by atoms with E-state index in [1.54, 1.807) is 18.4 Å². The van der Waals surface area contributed by atoms with Crippen molar-refractivity contribution in [2.24, 2.45) is 0 Å². The summed E-state index contributed by atoms with van der Waals surface area (Å²) in [7, 11) is 0. The van der Waals surface area contributed by atoms with Gasteiger partial charge in [0.1, 0.15) is 11.4 Å². The Morgan fingerprint density at radius 3 is 3.08 bits per heavy atom. The third-order valence-electron chi connectivity index (χ3n) is 4.62. The number of carbonyl (C=O) groups is 1. The molecule has 1 aromatic heterocycles. The van der Waals surface area contributed by atoms with Crippen molar-refractivity contribution in [1.29, 1.82) is 0 Å². The monoisotopic (exact) mass is 341 g/mol. The number of fused-ring (bicyclic) bond motifs is 2. The number of hydrogen-bond acceptors (Lipinski definition) is 5. The zero-order valence-electron chi connectivity index (χ0n) is 13.7. The smallest absolute Gasteiger partial charge is 0.244 e. The van der Waals surface area contributed by atoms with E-state index < -0.39 is 5.60 Å². The van der Waals surface area contributed by atoms with E-state index in [0.717, 1.165) is 29.7 Å². The van der Waals surface area contributed by atoms with E-state index in [9.17, 15) is 9.90 Å². The van der Waals surface area contributed by atoms with E-state index in [2.05, 4.69) is 5.32 Å². The molecule has 0 radical (unpaired) electrons. The second-order valence-corrected chi connectivity index (χ2v) is 6.31. The number of benzene rings is 1. The average Bonchev–Trinajstić information content (AvgIpc) is 3.27. The summed E-state index contributed by atoms with van der Waals surface area (Å²) in [6.45, 7) is 0.376. The molecule has 1 amide bonds. The molecule has 1 aliphatic heterocycles. The molecule has 0 bridgehead atoms. The number of aryl methyl sites for hydroxylation is 1. The third kappa shape index (κ3) is 3.13. The summed E-state index contributed by atoms with van der Waals surface area (Å²) in [5.41, 5.74) is 0.551. The summed E-state index contributed by atoms with van der Waals surface area (Å²) in [4.78, 5) is 12.1. The minimum absolute atomic E-state index is 0.157. The van der Waals surface area contributed by atoms with Crippen LogP contribution in [-0.2, 0) is 16.8 Å². The number of aliphatic hydroxyl groups is 1. The maximum absolute atomic E-state index is 12.1. The van der Waals surface area contributed by atoms with E-state index in [1.807, 2.05) is 18.2 Å². The number of carbonyl (C=O) groups excluding carboxylic acids is 1. The molecule has 1 aliphatic carbocycles. The predicted octanol–water partition coefficient (Wildman–Crippen LogP) is 2.36. The highest BCUT2D eigenvalue weighted by Gasteiger charge is 2.36. The molecule has 2 aromatic rings. The first-order valence-electron chi connectivity index (χ1n) is 8.29. The Kier molecular flexibility index (Phi) is 3.97. The maximum atomic E-state index is 12.1. The molecular formula is C19H19NO5. The normalized spacial score (nSPS) is 21.3. The number of rotatable bonds is 4. The van der Waals surface area contributed by atoms with Crippen molar-refractivity contribution in [3.8, 4) is 11.5 Å². The number of ether oxygens (including phenoxy) is 2. The Morgan fingerprint density at radius 2 is 2.16 bits per heavy atom. The lowest BCUT2D eigenvalue weighted by Gasteiger charge is -2.31. The molecule has 25 heavy (non-hydrogen) atoms. The van der Waals surface area contributed by atoms with Gasteiger partial charge >= 0.3 is 0 Å². The van der Waals surface area contributed by atoms with Gasteiger partial charge < -0.3 is 24.3 Å². The van der Waals surface area contributed by atoms with E-state index in [-0.39, 0.29) is 19.2 Å². The van der Waals surface area contributed by atoms with Crippen molar-refractivity contribution in [2.45, 2.75) is 24.9 Å². The van der Waals surface area contributed by atoms with Gasteiger partial charge in [0.15, 0.2) is 11.5 Å². The molecule has 2 N–H and O–H groups in total. The van der Waals surface area contributed by atoms with Gasteiger partial charge in [0.25, 0.3) is 0 Å².